The highest BCUT2D eigenvalue weighted by Crippen LogP contribution is 2.40. The number of nitrogens with zero attached hydrogens (tertiary/aromatic N) is 5. The maximum Gasteiger partial charge on any atom is 0.321 e. The Balaban J connectivity index is 0.0000000873. The Kier molecular flexibility index (Phi) is 16.0. The molecule has 10 heterocycles. The van der Waals surface area contributed by atoms with Crippen LogP contribution in [-0.2, 0) is 0 Å². The quantitative estimate of drug-likeness (QED) is 0.0852. The minimum absolute atomic E-state index is 0.279. The molecule has 0 aromatic heterocycles. The third kappa shape index (κ3) is 11.2. The molecule has 10 aliphatic rings. The fourth-order valence-electron chi connectivity index (χ4n) is 18.2. The number of benzene rings is 15. The van der Waals surface area contributed by atoms with Crippen LogP contribution in [0, 0.1) is 0 Å². The Labute approximate surface area is 643 Å². The molecular formula is C100H70B5N5. The van der Waals surface area contributed by atoms with E-state index in [-0.39, 0.29) is 6.85 Å². The van der Waals surface area contributed by atoms with Gasteiger partial charge in [-0.1, -0.05) is 297 Å². The largest absolute Gasteiger partial charge is 0.389 e. The van der Waals surface area contributed by atoms with Gasteiger partial charge in [0, 0.05) is 16.9 Å². The molecule has 0 amide bonds. The molecule has 10 aliphatic heterocycles. The van der Waals surface area contributed by atoms with Crippen LogP contribution in [-0.4, -0.2) is 48.7 Å². The number of para-hydroxylation sites is 2. The van der Waals surface area contributed by atoms with Crippen molar-refractivity contribution in [3.63, 3.8) is 0 Å². The molecule has 0 fully saturated rings. The zero-order valence-corrected chi connectivity index (χ0v) is 60.5. The van der Waals surface area contributed by atoms with Crippen molar-refractivity contribution < 1.29 is 0 Å². The second-order valence-corrected chi connectivity index (χ2v) is 29.5. The molecule has 25 rings (SSSR count). The summed E-state index contributed by atoms with van der Waals surface area (Å²) in [5, 5.41) is 21.2. The van der Waals surface area contributed by atoms with Gasteiger partial charge in [0.2, 0.25) is 0 Å². The van der Waals surface area contributed by atoms with Crippen LogP contribution in [0.4, 0.5) is 11.4 Å². The maximum absolute atomic E-state index is 2.38. The molecule has 0 atom stereocenters. The van der Waals surface area contributed by atoms with E-state index in [1.165, 1.54) is 164 Å². The van der Waals surface area contributed by atoms with Crippen molar-refractivity contribution in [1.82, 2.24) is 14.4 Å². The highest BCUT2D eigenvalue weighted by atomic mass is 15.1. The van der Waals surface area contributed by atoms with E-state index in [0.29, 0.717) is 27.4 Å². The van der Waals surface area contributed by atoms with E-state index in [1.54, 1.807) is 0 Å². The van der Waals surface area contributed by atoms with E-state index in [0.717, 1.165) is 0 Å². The molecule has 10 heteroatoms. The van der Waals surface area contributed by atoms with Gasteiger partial charge in [0.1, 0.15) is 0 Å². The summed E-state index contributed by atoms with van der Waals surface area (Å²) in [5.74, 6) is 11.4. The molecule has 0 saturated heterocycles. The Morgan fingerprint density at radius 3 is 1.37 bits per heavy atom. The van der Waals surface area contributed by atoms with E-state index >= 15 is 0 Å². The number of anilines is 2. The Morgan fingerprint density at radius 1 is 0.200 bits per heavy atom. The summed E-state index contributed by atoms with van der Waals surface area (Å²) in [6.45, 7) is 1.46. The zero-order chi connectivity index (χ0) is 72.6. The van der Waals surface area contributed by atoms with Crippen molar-refractivity contribution in [2.75, 3.05) is 9.62 Å². The Bertz CT molecular complexity index is 6710. The predicted octanol–water partition coefficient (Wildman–Crippen LogP) is 20.5. The lowest BCUT2D eigenvalue weighted by molar-refractivity contribution is 0.798. The number of hydrogen-bond donors (Lipinski definition) is 0. The molecule has 0 spiro atoms. The Hall–Kier alpha value is -13.7. The highest BCUT2D eigenvalue weighted by Gasteiger charge is 2.36. The van der Waals surface area contributed by atoms with Crippen molar-refractivity contribution in [3.05, 3.63) is 423 Å². The fourth-order valence-corrected chi connectivity index (χ4v) is 18.2. The number of rotatable bonds is 0. The highest BCUT2D eigenvalue weighted by molar-refractivity contribution is 6.86. The smallest absolute Gasteiger partial charge is 0.321 e. The normalized spacial score (nSPS) is 15.2. The average molecular weight is 1400 g/mol. The van der Waals surface area contributed by atoms with Crippen molar-refractivity contribution >= 4 is 189 Å². The van der Waals surface area contributed by atoms with Crippen LogP contribution in [0.5, 0.6) is 0 Å². The molecule has 0 saturated carbocycles. The minimum Gasteiger partial charge on any atom is -0.389 e. The summed E-state index contributed by atoms with van der Waals surface area (Å²) in [7, 11) is 0. The van der Waals surface area contributed by atoms with Gasteiger partial charge in [-0.25, -0.2) is 0 Å². The molecule has 0 unspecified atom stereocenters. The standard InChI is InChI=1S/5C20H14BN/c1-2-8-16-15(7-1)11-12-18-17-9-3-4-10-19(17)22-14-6-5-13-21(22)20(16)18;1-2-7-17-14-19-18(13-16(17)6-1)10-12-22-20-8-4-3-5-15(20)9-11-21(19)22;1-2-6-17-15(5-1)7-10-19-18(17)9-8-16-11-14-22-13-4-3-12-21(22)20(16)19;1-2-6-18-15(5-1)7-8-16-9-10-17-11-14-22-13-4-3-12-21(22)20(17)19(16)18;1-2-6-17-14-19-18(13-16(17)5-1)8-7-15-9-12-22-11-4-3-10-21(22)20(15)19/h5*1-14H. The first-order valence-electron chi connectivity index (χ1n) is 38.3. The number of fused-ring (bicyclic) bond motifs is 34. The van der Waals surface area contributed by atoms with Crippen LogP contribution in [0.3, 0.4) is 0 Å². The minimum atomic E-state index is 0.279. The van der Waals surface area contributed by atoms with Crippen LogP contribution < -0.4 is 36.9 Å². The van der Waals surface area contributed by atoms with Crippen LogP contribution >= 0.6 is 0 Å². The second-order valence-electron chi connectivity index (χ2n) is 29.5. The summed E-state index contributed by atoms with van der Waals surface area (Å²) in [6, 6.07) is 96.7. The van der Waals surface area contributed by atoms with E-state index in [1.807, 2.05) is 0 Å². The van der Waals surface area contributed by atoms with Gasteiger partial charge in [-0.3, -0.25) is 0 Å². The molecule has 15 aromatic rings. The summed E-state index contributed by atoms with van der Waals surface area (Å²) >= 11 is 0. The van der Waals surface area contributed by atoms with Gasteiger partial charge in [0.15, 0.2) is 0 Å². The molecule has 0 radical (unpaired) electrons. The third-order valence-corrected chi connectivity index (χ3v) is 23.4. The average Bonchev–Trinajstić information content (AvgIpc) is 0.729. The maximum atomic E-state index is 2.38. The van der Waals surface area contributed by atoms with E-state index < -0.39 is 0 Å². The summed E-state index contributed by atoms with van der Waals surface area (Å²) in [6.07, 6.45) is 45.4. The molecule has 0 bridgehead atoms. The van der Waals surface area contributed by atoms with Crippen molar-refractivity contribution in [2.24, 2.45) is 0 Å². The van der Waals surface area contributed by atoms with Gasteiger partial charge in [0.25, 0.3) is 0 Å². The van der Waals surface area contributed by atoms with Gasteiger partial charge in [0.05, 0.1) is 0 Å². The van der Waals surface area contributed by atoms with Crippen LogP contribution in [0.15, 0.2) is 395 Å². The summed E-state index contributed by atoms with van der Waals surface area (Å²) in [4.78, 5) is 11.6. The van der Waals surface area contributed by atoms with E-state index in [2.05, 4.69) is 449 Å². The molecule has 0 aliphatic carbocycles. The van der Waals surface area contributed by atoms with Crippen LogP contribution in [0.2, 0.25) is 0 Å². The first-order valence-corrected chi connectivity index (χ1v) is 38.3. The SMILES string of the molecule is C1=CB2c3c(ccc4c3ccc3ccccc34)C=CN2C=C1.C1=CB2c3c(ccc4cc5ccccc5cc34)C=CN2C=C1.C1=CB2c3c(ccc4ccc5ccccc5c34)C=CN2C=C1.C1=CB2c3c(ccc4ccccc34)-c3ccccc3N2C=C1.C1=Cc2ccccc2N2C=Cc3cc4ccccc4cc3B12. The lowest BCUT2D eigenvalue weighted by Crippen LogP contribution is -2.49. The molecular weight excluding hydrogens is 1330 g/mol. The second kappa shape index (κ2) is 27.3. The topological polar surface area (TPSA) is 16.2 Å². The van der Waals surface area contributed by atoms with Crippen molar-refractivity contribution in [1.29, 1.82) is 0 Å². The third-order valence-electron chi connectivity index (χ3n) is 23.4. The molecule has 510 valence electrons. The lowest BCUT2D eigenvalue weighted by Gasteiger charge is -2.36. The van der Waals surface area contributed by atoms with Gasteiger partial charge < -0.3 is 24.1 Å². The molecule has 5 nitrogen and oxygen atoms in total. The van der Waals surface area contributed by atoms with Crippen LogP contribution in [0.25, 0.3) is 128 Å². The first kappa shape index (κ1) is 64.7. The van der Waals surface area contributed by atoms with Crippen molar-refractivity contribution in [3.8, 4) is 11.1 Å². The fraction of sp³-hybridized carbons (Fsp3) is 0. The monoisotopic (exact) mass is 1400 g/mol. The number of allylic oxidation sites excluding steroid dienone is 8. The van der Waals surface area contributed by atoms with Gasteiger partial charge in [-0.2, -0.15) is 0 Å². The Morgan fingerprint density at radius 2 is 0.664 bits per heavy atom. The zero-order valence-electron chi connectivity index (χ0n) is 60.5. The lowest BCUT2D eigenvalue weighted by atomic mass is 9.48. The predicted molar refractivity (Wildman–Crippen MR) is 480 cm³/mol. The van der Waals surface area contributed by atoms with Crippen molar-refractivity contribution in [2.45, 2.75) is 0 Å². The summed E-state index contributed by atoms with van der Waals surface area (Å²) in [5.41, 5.74) is 18.9. The molecule has 110 heavy (non-hydrogen) atoms. The van der Waals surface area contributed by atoms with Gasteiger partial charge in [-0.05, 0) is 275 Å². The number of hydrogen-bond acceptors (Lipinski definition) is 5. The van der Waals surface area contributed by atoms with Crippen LogP contribution in [0.1, 0.15) is 27.8 Å². The molecule has 15 aromatic carbocycles. The first-order chi connectivity index (χ1) is 54.6. The van der Waals surface area contributed by atoms with Gasteiger partial charge in [-0.15, -0.1) is 0 Å². The van der Waals surface area contributed by atoms with E-state index in [4.69, 9.17) is 0 Å². The van der Waals surface area contributed by atoms with Gasteiger partial charge >= 0.3 is 34.2 Å². The summed E-state index contributed by atoms with van der Waals surface area (Å²) < 4.78 is 0. The van der Waals surface area contributed by atoms with E-state index in [9.17, 15) is 0 Å². The molecule has 0 N–H and O–H groups in total.